The minimum Gasteiger partial charge on any atom is -0.411 e. The van der Waals surface area contributed by atoms with Gasteiger partial charge in [0, 0.05) is 0 Å². The second-order valence-corrected chi connectivity index (χ2v) is 4.12. The minimum absolute atomic E-state index is 0.366. The Kier molecular flexibility index (Phi) is 3.19. The highest BCUT2D eigenvalue weighted by atomic mass is 16.4. The van der Waals surface area contributed by atoms with Gasteiger partial charge in [-0.3, -0.25) is 4.90 Å². The molecule has 0 saturated carbocycles. The van der Waals surface area contributed by atoms with Gasteiger partial charge in [-0.2, -0.15) is 0 Å². The predicted octanol–water partition coefficient (Wildman–Crippen LogP) is 2.02. The third kappa shape index (κ3) is 1.98. The fourth-order valence-corrected chi connectivity index (χ4v) is 2.42. The number of hydrogen-bond acceptors (Lipinski definition) is 3. The standard InChI is InChI=1S/C11H18N2O/c14-12-10-6-2-3-7-11(10)13-8-4-1-5-9-13/h2,6,11,14H,1,3-5,7-9H2/b12-10+/t11-/m1/s1. The molecule has 0 spiro atoms. The van der Waals surface area contributed by atoms with Gasteiger partial charge in [0.1, 0.15) is 0 Å². The van der Waals surface area contributed by atoms with Gasteiger partial charge in [0.25, 0.3) is 0 Å². The van der Waals surface area contributed by atoms with E-state index in [0.29, 0.717) is 6.04 Å². The minimum atomic E-state index is 0.366. The van der Waals surface area contributed by atoms with E-state index in [0.717, 1.165) is 31.6 Å². The molecule has 0 aromatic carbocycles. The van der Waals surface area contributed by atoms with Crippen molar-refractivity contribution in [3.8, 4) is 0 Å². The maximum Gasteiger partial charge on any atom is 0.0964 e. The number of piperidine rings is 1. The maximum absolute atomic E-state index is 8.90. The average Bonchev–Trinajstić information content (AvgIpc) is 2.30. The van der Waals surface area contributed by atoms with Crippen molar-refractivity contribution in [2.24, 2.45) is 5.16 Å². The average molecular weight is 194 g/mol. The SMILES string of the molecule is O/N=C1\C=CCC[C@H]1N1CCCCC1. The fraction of sp³-hybridized carbons (Fsp3) is 0.727. The maximum atomic E-state index is 8.90. The summed E-state index contributed by atoms with van der Waals surface area (Å²) in [7, 11) is 0. The Labute approximate surface area is 85.1 Å². The molecule has 0 unspecified atom stereocenters. The van der Waals surface area contributed by atoms with Gasteiger partial charge in [-0.25, -0.2) is 0 Å². The fourth-order valence-electron chi connectivity index (χ4n) is 2.42. The van der Waals surface area contributed by atoms with Gasteiger partial charge >= 0.3 is 0 Å². The summed E-state index contributed by atoms with van der Waals surface area (Å²) in [4.78, 5) is 2.46. The zero-order valence-electron chi connectivity index (χ0n) is 8.52. The van der Waals surface area contributed by atoms with Crippen molar-refractivity contribution in [1.29, 1.82) is 0 Å². The van der Waals surface area contributed by atoms with Crippen molar-refractivity contribution >= 4 is 5.71 Å². The molecule has 2 rings (SSSR count). The van der Waals surface area contributed by atoms with Gasteiger partial charge in [-0.05, 0) is 44.8 Å². The van der Waals surface area contributed by atoms with Crippen LogP contribution in [0.3, 0.4) is 0 Å². The molecule has 14 heavy (non-hydrogen) atoms. The van der Waals surface area contributed by atoms with Gasteiger partial charge in [-0.1, -0.05) is 17.7 Å². The molecular formula is C11H18N2O. The first kappa shape index (κ1) is 9.71. The molecule has 1 heterocycles. The molecule has 1 saturated heterocycles. The van der Waals surface area contributed by atoms with E-state index in [-0.39, 0.29) is 0 Å². The third-order valence-corrected chi connectivity index (χ3v) is 3.18. The highest BCUT2D eigenvalue weighted by Crippen LogP contribution is 2.20. The van der Waals surface area contributed by atoms with Crippen LogP contribution in [-0.4, -0.2) is 35.0 Å². The van der Waals surface area contributed by atoms with Crippen molar-refractivity contribution in [3.05, 3.63) is 12.2 Å². The molecule has 1 atom stereocenters. The molecule has 1 N–H and O–H groups in total. The topological polar surface area (TPSA) is 35.8 Å². The Hall–Kier alpha value is -0.830. The Morgan fingerprint density at radius 3 is 2.79 bits per heavy atom. The van der Waals surface area contributed by atoms with E-state index in [1.165, 1.54) is 19.3 Å². The molecule has 0 amide bonds. The van der Waals surface area contributed by atoms with Crippen molar-refractivity contribution in [2.45, 2.75) is 38.1 Å². The van der Waals surface area contributed by atoms with E-state index >= 15 is 0 Å². The summed E-state index contributed by atoms with van der Waals surface area (Å²) in [5, 5.41) is 12.3. The smallest absolute Gasteiger partial charge is 0.0964 e. The largest absolute Gasteiger partial charge is 0.411 e. The summed E-state index contributed by atoms with van der Waals surface area (Å²) in [5.74, 6) is 0. The number of rotatable bonds is 1. The van der Waals surface area contributed by atoms with E-state index in [1.807, 2.05) is 6.08 Å². The Morgan fingerprint density at radius 2 is 2.07 bits per heavy atom. The van der Waals surface area contributed by atoms with E-state index < -0.39 is 0 Å². The van der Waals surface area contributed by atoms with E-state index in [9.17, 15) is 0 Å². The number of likely N-dealkylation sites (tertiary alicyclic amines) is 1. The first-order valence-electron chi connectivity index (χ1n) is 5.54. The predicted molar refractivity (Wildman–Crippen MR) is 56.8 cm³/mol. The van der Waals surface area contributed by atoms with Crippen LogP contribution in [0.5, 0.6) is 0 Å². The zero-order valence-corrected chi connectivity index (χ0v) is 8.52. The number of oxime groups is 1. The Morgan fingerprint density at radius 1 is 1.29 bits per heavy atom. The number of allylic oxidation sites excluding steroid dienone is 1. The molecule has 1 fully saturated rings. The summed E-state index contributed by atoms with van der Waals surface area (Å²) >= 11 is 0. The Balaban J connectivity index is 2.04. The second-order valence-electron chi connectivity index (χ2n) is 4.12. The quantitative estimate of drug-likeness (QED) is 0.512. The molecule has 3 nitrogen and oxygen atoms in total. The molecule has 78 valence electrons. The van der Waals surface area contributed by atoms with Crippen molar-refractivity contribution < 1.29 is 5.21 Å². The summed E-state index contributed by atoms with van der Waals surface area (Å²) in [6.45, 7) is 2.33. The van der Waals surface area contributed by atoms with Crippen LogP contribution in [0.15, 0.2) is 17.3 Å². The molecule has 1 aliphatic heterocycles. The summed E-state index contributed by atoms with van der Waals surface area (Å²) in [5.41, 5.74) is 0.846. The van der Waals surface area contributed by atoms with Gasteiger partial charge in [-0.15, -0.1) is 0 Å². The lowest BCUT2D eigenvalue weighted by Gasteiger charge is -2.35. The summed E-state index contributed by atoms with van der Waals surface area (Å²) in [6, 6.07) is 0.366. The molecule has 0 aromatic heterocycles. The van der Waals surface area contributed by atoms with Crippen LogP contribution in [0.1, 0.15) is 32.1 Å². The van der Waals surface area contributed by atoms with Crippen molar-refractivity contribution in [1.82, 2.24) is 4.90 Å². The van der Waals surface area contributed by atoms with Gasteiger partial charge in [0.05, 0.1) is 11.8 Å². The monoisotopic (exact) mass is 194 g/mol. The third-order valence-electron chi connectivity index (χ3n) is 3.18. The molecule has 0 radical (unpaired) electrons. The van der Waals surface area contributed by atoms with Crippen molar-refractivity contribution in [3.63, 3.8) is 0 Å². The van der Waals surface area contributed by atoms with Crippen LogP contribution in [0.2, 0.25) is 0 Å². The molecular weight excluding hydrogens is 176 g/mol. The van der Waals surface area contributed by atoms with Crippen LogP contribution in [0.25, 0.3) is 0 Å². The Bertz CT molecular complexity index is 242. The van der Waals surface area contributed by atoms with Gasteiger partial charge in [0.15, 0.2) is 0 Å². The lowest BCUT2D eigenvalue weighted by atomic mass is 9.96. The molecule has 2 aliphatic rings. The van der Waals surface area contributed by atoms with Crippen LogP contribution in [-0.2, 0) is 0 Å². The number of nitrogens with zero attached hydrogens (tertiary/aromatic N) is 2. The van der Waals surface area contributed by atoms with Crippen LogP contribution >= 0.6 is 0 Å². The second kappa shape index (κ2) is 4.60. The van der Waals surface area contributed by atoms with E-state index in [4.69, 9.17) is 5.21 Å². The van der Waals surface area contributed by atoms with Crippen LogP contribution in [0.4, 0.5) is 0 Å². The highest BCUT2D eigenvalue weighted by molar-refractivity contribution is 5.99. The normalized spacial score (nSPS) is 32.3. The molecule has 3 heteroatoms. The molecule has 1 aliphatic carbocycles. The molecule has 0 aromatic rings. The zero-order chi connectivity index (χ0) is 9.80. The van der Waals surface area contributed by atoms with E-state index in [1.54, 1.807) is 0 Å². The first-order valence-corrected chi connectivity index (χ1v) is 5.54. The lowest BCUT2D eigenvalue weighted by molar-refractivity contribution is 0.190. The summed E-state index contributed by atoms with van der Waals surface area (Å²) < 4.78 is 0. The van der Waals surface area contributed by atoms with Crippen molar-refractivity contribution in [2.75, 3.05) is 13.1 Å². The number of hydrogen-bond donors (Lipinski definition) is 1. The van der Waals surface area contributed by atoms with E-state index in [2.05, 4.69) is 16.1 Å². The molecule has 0 bridgehead atoms. The lowest BCUT2D eigenvalue weighted by Crippen LogP contribution is -2.44. The van der Waals surface area contributed by atoms with Crippen LogP contribution < -0.4 is 0 Å². The van der Waals surface area contributed by atoms with Crippen LogP contribution in [0, 0.1) is 0 Å². The van der Waals surface area contributed by atoms with Gasteiger partial charge in [0.2, 0.25) is 0 Å². The first-order chi connectivity index (χ1) is 6.92. The van der Waals surface area contributed by atoms with Gasteiger partial charge < -0.3 is 5.21 Å². The highest BCUT2D eigenvalue weighted by Gasteiger charge is 2.25. The summed E-state index contributed by atoms with van der Waals surface area (Å²) in [6.07, 6.45) is 10.2.